The number of rotatable bonds is 4. The van der Waals surface area contributed by atoms with E-state index >= 15 is 0 Å². The molecule has 0 aromatic carbocycles. The molecule has 0 saturated carbocycles. The van der Waals surface area contributed by atoms with Gasteiger partial charge in [0.05, 0.1) is 12.1 Å². The van der Waals surface area contributed by atoms with Gasteiger partial charge in [0.1, 0.15) is 6.04 Å². The monoisotopic (exact) mass is 226 g/mol. The topological polar surface area (TPSA) is 65.2 Å². The fraction of sp³-hybridized carbons (Fsp3) is 0.400. The Kier molecular flexibility index (Phi) is 4.58. The van der Waals surface area contributed by atoms with Crippen LogP contribution in [0, 0.1) is 0 Å². The molecule has 1 rings (SSSR count). The first-order chi connectivity index (χ1) is 7.15. The van der Waals surface area contributed by atoms with Gasteiger partial charge >= 0.3 is 5.97 Å². The first kappa shape index (κ1) is 12.0. The summed E-state index contributed by atoms with van der Waals surface area (Å²) in [4.78, 5) is 15.3. The Morgan fingerprint density at radius 2 is 2.33 bits per heavy atom. The van der Waals surface area contributed by atoms with Crippen LogP contribution in [0.15, 0.2) is 29.4 Å². The van der Waals surface area contributed by atoms with Gasteiger partial charge in [0, 0.05) is 11.4 Å². The van der Waals surface area contributed by atoms with E-state index in [1.807, 2.05) is 25.1 Å². The Labute approximate surface area is 93.2 Å². The number of methoxy groups -OCH3 is 1. The van der Waals surface area contributed by atoms with Crippen molar-refractivity contribution in [3.63, 3.8) is 0 Å². The first-order valence-corrected chi connectivity index (χ1v) is 5.44. The van der Waals surface area contributed by atoms with Crippen molar-refractivity contribution < 1.29 is 9.53 Å². The molecule has 82 valence electrons. The third-order valence-electron chi connectivity index (χ3n) is 1.92. The maximum absolute atomic E-state index is 11.2. The van der Waals surface area contributed by atoms with Crippen LogP contribution in [0.3, 0.4) is 0 Å². The summed E-state index contributed by atoms with van der Waals surface area (Å²) >= 11 is 1.46. The fourth-order valence-electron chi connectivity index (χ4n) is 1.01. The average Bonchev–Trinajstić information content (AvgIpc) is 2.28. The summed E-state index contributed by atoms with van der Waals surface area (Å²) in [6.07, 6.45) is 1.71. The molecular formula is C10H14N2O2S. The van der Waals surface area contributed by atoms with Crippen LogP contribution < -0.4 is 5.73 Å². The van der Waals surface area contributed by atoms with E-state index in [9.17, 15) is 4.79 Å². The van der Waals surface area contributed by atoms with Crippen molar-refractivity contribution in [3.05, 3.63) is 24.4 Å². The Balaban J connectivity index is 2.56. The number of ether oxygens (including phenoxy) is 1. The van der Waals surface area contributed by atoms with Crippen LogP contribution in [-0.2, 0) is 9.53 Å². The molecule has 0 aliphatic heterocycles. The highest BCUT2D eigenvalue weighted by Gasteiger charge is 2.22. The van der Waals surface area contributed by atoms with Crippen molar-refractivity contribution in [2.75, 3.05) is 7.11 Å². The molecule has 5 heteroatoms. The first-order valence-electron chi connectivity index (χ1n) is 4.56. The van der Waals surface area contributed by atoms with Gasteiger partial charge in [-0.25, -0.2) is 4.98 Å². The van der Waals surface area contributed by atoms with Crippen LogP contribution in [0.4, 0.5) is 0 Å². The summed E-state index contributed by atoms with van der Waals surface area (Å²) in [5, 5.41) is 0.789. The summed E-state index contributed by atoms with van der Waals surface area (Å²) in [5.74, 6) is -0.397. The molecule has 0 amide bonds. The molecule has 2 N–H and O–H groups in total. The number of thioether (sulfide) groups is 1. The molecule has 0 spiro atoms. The number of hydrogen-bond acceptors (Lipinski definition) is 5. The van der Waals surface area contributed by atoms with E-state index in [0.717, 1.165) is 5.03 Å². The highest BCUT2D eigenvalue weighted by atomic mass is 32.2. The van der Waals surface area contributed by atoms with Crippen molar-refractivity contribution in [1.82, 2.24) is 4.98 Å². The van der Waals surface area contributed by atoms with Crippen molar-refractivity contribution in [3.8, 4) is 0 Å². The second-order valence-electron chi connectivity index (χ2n) is 3.04. The van der Waals surface area contributed by atoms with E-state index in [4.69, 9.17) is 5.73 Å². The van der Waals surface area contributed by atoms with E-state index in [1.165, 1.54) is 18.9 Å². The van der Waals surface area contributed by atoms with Gasteiger partial charge in [0.15, 0.2) is 0 Å². The minimum Gasteiger partial charge on any atom is -0.468 e. The predicted molar refractivity (Wildman–Crippen MR) is 59.5 cm³/mol. The van der Waals surface area contributed by atoms with Gasteiger partial charge in [0.2, 0.25) is 0 Å². The molecule has 0 aliphatic carbocycles. The summed E-state index contributed by atoms with van der Waals surface area (Å²) in [6.45, 7) is 1.88. The molecule has 1 heterocycles. The maximum Gasteiger partial charge on any atom is 0.323 e. The van der Waals surface area contributed by atoms with Gasteiger partial charge in [-0.05, 0) is 12.1 Å². The highest BCUT2D eigenvalue weighted by molar-refractivity contribution is 7.99. The maximum atomic E-state index is 11.2. The third-order valence-corrected chi connectivity index (χ3v) is 3.07. The molecule has 4 nitrogen and oxygen atoms in total. The van der Waals surface area contributed by atoms with Crippen molar-refractivity contribution in [2.45, 2.75) is 23.2 Å². The summed E-state index contributed by atoms with van der Waals surface area (Å²) in [6, 6.07) is 4.99. The molecule has 2 atom stereocenters. The lowest BCUT2D eigenvalue weighted by molar-refractivity contribution is -0.142. The van der Waals surface area contributed by atoms with E-state index in [1.54, 1.807) is 6.20 Å². The second-order valence-corrected chi connectivity index (χ2v) is 4.44. The molecule has 0 radical (unpaired) electrons. The van der Waals surface area contributed by atoms with Crippen molar-refractivity contribution in [2.24, 2.45) is 5.73 Å². The molecular weight excluding hydrogens is 212 g/mol. The smallest absolute Gasteiger partial charge is 0.323 e. The molecule has 15 heavy (non-hydrogen) atoms. The van der Waals surface area contributed by atoms with Gasteiger partial charge in [-0.15, -0.1) is 11.8 Å². The van der Waals surface area contributed by atoms with E-state index in [-0.39, 0.29) is 5.25 Å². The molecule has 0 bridgehead atoms. The lowest BCUT2D eigenvalue weighted by atomic mass is 10.2. The van der Waals surface area contributed by atoms with Crippen LogP contribution in [0.1, 0.15) is 6.92 Å². The molecule has 0 aliphatic rings. The number of nitrogens with zero attached hydrogens (tertiary/aromatic N) is 1. The number of nitrogens with two attached hydrogens (primary N) is 1. The number of carbonyl (C=O) groups is 1. The summed E-state index contributed by atoms with van der Waals surface area (Å²) in [7, 11) is 1.33. The Hall–Kier alpha value is -1.07. The van der Waals surface area contributed by atoms with Crippen molar-refractivity contribution in [1.29, 1.82) is 0 Å². The summed E-state index contributed by atoms with van der Waals surface area (Å²) < 4.78 is 4.57. The quantitative estimate of drug-likeness (QED) is 0.614. The SMILES string of the molecule is COC(=O)C(N)C(C)Sc1ccccn1. The van der Waals surface area contributed by atoms with Gasteiger partial charge in [0.25, 0.3) is 0 Å². The second kappa shape index (κ2) is 5.72. The molecule has 2 unspecified atom stereocenters. The molecule has 1 aromatic rings. The minimum atomic E-state index is -0.623. The largest absolute Gasteiger partial charge is 0.468 e. The predicted octanol–water partition coefficient (Wildman–Crippen LogP) is 1.06. The summed E-state index contributed by atoms with van der Waals surface area (Å²) in [5.41, 5.74) is 5.70. The van der Waals surface area contributed by atoms with Crippen LogP contribution in [0.25, 0.3) is 0 Å². The Morgan fingerprint density at radius 3 is 2.87 bits per heavy atom. The minimum absolute atomic E-state index is 0.0626. The number of carbonyl (C=O) groups excluding carboxylic acids is 1. The molecule has 1 aromatic heterocycles. The standard InChI is InChI=1S/C10H14N2O2S/c1-7(9(11)10(13)14-2)15-8-5-3-4-6-12-8/h3-7,9H,11H2,1-2H3. The number of pyridine rings is 1. The number of hydrogen-bond donors (Lipinski definition) is 1. The fourth-order valence-corrected chi connectivity index (χ4v) is 1.93. The molecule has 0 fully saturated rings. The number of aromatic nitrogens is 1. The van der Waals surface area contributed by atoms with E-state index in [2.05, 4.69) is 9.72 Å². The third kappa shape index (κ3) is 3.53. The number of esters is 1. The van der Waals surface area contributed by atoms with Crippen molar-refractivity contribution >= 4 is 17.7 Å². The van der Waals surface area contributed by atoms with E-state index < -0.39 is 12.0 Å². The zero-order valence-electron chi connectivity index (χ0n) is 8.71. The lowest BCUT2D eigenvalue weighted by Gasteiger charge is -2.16. The van der Waals surface area contributed by atoms with Gasteiger partial charge < -0.3 is 10.5 Å². The Morgan fingerprint density at radius 1 is 1.60 bits per heavy atom. The van der Waals surface area contributed by atoms with Crippen LogP contribution in [0.5, 0.6) is 0 Å². The molecule has 0 saturated heterocycles. The zero-order chi connectivity index (χ0) is 11.3. The average molecular weight is 226 g/mol. The van der Waals surface area contributed by atoms with Gasteiger partial charge in [-0.3, -0.25) is 4.79 Å². The zero-order valence-corrected chi connectivity index (χ0v) is 9.53. The van der Waals surface area contributed by atoms with Crippen LogP contribution in [0.2, 0.25) is 0 Å². The van der Waals surface area contributed by atoms with E-state index in [0.29, 0.717) is 0 Å². The van der Waals surface area contributed by atoms with Gasteiger partial charge in [-0.1, -0.05) is 13.0 Å². The Bertz CT molecular complexity index is 318. The highest BCUT2D eigenvalue weighted by Crippen LogP contribution is 2.22. The van der Waals surface area contributed by atoms with Gasteiger partial charge in [-0.2, -0.15) is 0 Å². The van der Waals surface area contributed by atoms with Crippen LogP contribution >= 0.6 is 11.8 Å². The normalized spacial score (nSPS) is 14.3. The van der Waals surface area contributed by atoms with Crippen LogP contribution in [-0.4, -0.2) is 29.4 Å². The lowest BCUT2D eigenvalue weighted by Crippen LogP contribution is -2.39.